The molecule has 2 aromatic rings. The summed E-state index contributed by atoms with van der Waals surface area (Å²) in [5.41, 5.74) is 2.29. The molecule has 1 saturated carbocycles. The highest BCUT2D eigenvalue weighted by Gasteiger charge is 2.43. The van der Waals surface area contributed by atoms with Crippen molar-refractivity contribution < 1.29 is 4.74 Å². The van der Waals surface area contributed by atoms with Crippen molar-refractivity contribution in [3.05, 3.63) is 59.9 Å². The monoisotopic (exact) mass is 364 g/mol. The molecule has 1 aliphatic heterocycles. The summed E-state index contributed by atoms with van der Waals surface area (Å²) in [4.78, 5) is 8.81. The van der Waals surface area contributed by atoms with Crippen molar-refractivity contribution in [2.24, 2.45) is 4.99 Å². The third-order valence-electron chi connectivity index (χ3n) is 5.65. The predicted octanol–water partition coefficient (Wildman–Crippen LogP) is 3.63. The largest absolute Gasteiger partial charge is 0.487 e. The molecule has 0 bridgehead atoms. The van der Waals surface area contributed by atoms with E-state index in [1.54, 1.807) is 0 Å². The first-order valence-electron chi connectivity index (χ1n) is 9.93. The Morgan fingerprint density at radius 1 is 1.19 bits per heavy atom. The first-order valence-corrected chi connectivity index (χ1v) is 9.93. The second-order valence-electron chi connectivity index (χ2n) is 7.50. The lowest BCUT2D eigenvalue weighted by atomic mass is 9.86. The maximum absolute atomic E-state index is 6.46. The number of fused-ring (bicyclic) bond motifs is 1. The van der Waals surface area contributed by atoms with Gasteiger partial charge < -0.3 is 15.4 Å². The molecule has 0 amide bonds. The Hall–Kier alpha value is -2.56. The average molecular weight is 364 g/mol. The minimum absolute atomic E-state index is 0.0150. The van der Waals surface area contributed by atoms with E-state index in [1.165, 1.54) is 18.4 Å². The normalized spacial score (nSPS) is 20.8. The predicted molar refractivity (Wildman–Crippen MR) is 108 cm³/mol. The summed E-state index contributed by atoms with van der Waals surface area (Å²) in [7, 11) is 1.83. The van der Waals surface area contributed by atoms with Gasteiger partial charge in [0.05, 0.1) is 6.04 Å². The van der Waals surface area contributed by atoms with E-state index >= 15 is 0 Å². The lowest BCUT2D eigenvalue weighted by Gasteiger charge is -2.40. The van der Waals surface area contributed by atoms with Crippen LogP contribution in [0.1, 0.15) is 49.4 Å². The highest BCUT2D eigenvalue weighted by Crippen LogP contribution is 2.46. The summed E-state index contributed by atoms with van der Waals surface area (Å²) in [5.74, 6) is 1.85. The second kappa shape index (κ2) is 7.99. The highest BCUT2D eigenvalue weighted by atomic mass is 16.5. The van der Waals surface area contributed by atoms with Crippen molar-refractivity contribution >= 4 is 5.96 Å². The maximum Gasteiger partial charge on any atom is 0.191 e. The van der Waals surface area contributed by atoms with Crippen LogP contribution in [0, 0.1) is 0 Å². The average Bonchev–Trinajstić information content (AvgIpc) is 3.15. The van der Waals surface area contributed by atoms with Crippen LogP contribution in [0.25, 0.3) is 0 Å². The van der Waals surface area contributed by atoms with Crippen LogP contribution in [0.15, 0.2) is 53.7 Å². The number of nitrogens with one attached hydrogen (secondary N) is 2. The highest BCUT2D eigenvalue weighted by molar-refractivity contribution is 5.80. The molecular weight excluding hydrogens is 336 g/mol. The molecule has 1 aromatic carbocycles. The number of nitrogens with zero attached hydrogens (tertiary/aromatic N) is 2. The van der Waals surface area contributed by atoms with Gasteiger partial charge in [-0.05, 0) is 43.9 Å². The molecule has 0 radical (unpaired) electrons. The molecule has 1 spiro atoms. The lowest BCUT2D eigenvalue weighted by molar-refractivity contribution is 0.0396. The number of ether oxygens (including phenoxy) is 1. The Bertz CT molecular complexity index is 784. The van der Waals surface area contributed by atoms with Crippen molar-refractivity contribution in [3.63, 3.8) is 0 Å². The van der Waals surface area contributed by atoms with Crippen LogP contribution in [0.2, 0.25) is 0 Å². The van der Waals surface area contributed by atoms with Gasteiger partial charge in [0.25, 0.3) is 0 Å². The van der Waals surface area contributed by atoms with E-state index in [4.69, 9.17) is 4.74 Å². The quantitative estimate of drug-likeness (QED) is 0.643. The zero-order valence-corrected chi connectivity index (χ0v) is 15.9. The molecule has 1 unspecified atom stereocenters. The maximum atomic E-state index is 6.46. The summed E-state index contributed by atoms with van der Waals surface area (Å²) in [6.07, 6.45) is 8.50. The molecule has 1 aliphatic carbocycles. The Kier molecular flexibility index (Phi) is 5.28. The van der Waals surface area contributed by atoms with Gasteiger partial charge in [0.1, 0.15) is 11.4 Å². The van der Waals surface area contributed by atoms with E-state index in [0.717, 1.165) is 49.6 Å². The molecular formula is C22H28N4O. The third-order valence-corrected chi connectivity index (χ3v) is 5.65. The first kappa shape index (κ1) is 17.8. The number of para-hydroxylation sites is 1. The Labute approximate surface area is 161 Å². The van der Waals surface area contributed by atoms with E-state index in [-0.39, 0.29) is 11.6 Å². The molecule has 1 fully saturated rings. The van der Waals surface area contributed by atoms with E-state index in [0.29, 0.717) is 0 Å². The molecule has 2 aliphatic rings. The SMILES string of the molecule is CN=C(NCCc1ccccn1)NC1CC2(CCCC2)Oc2ccccc21. The number of rotatable bonds is 4. The molecule has 2 N–H and O–H groups in total. The summed E-state index contributed by atoms with van der Waals surface area (Å²) < 4.78 is 6.46. The first-order chi connectivity index (χ1) is 13.3. The van der Waals surface area contributed by atoms with Gasteiger partial charge in [0.15, 0.2) is 5.96 Å². The fourth-order valence-electron chi connectivity index (χ4n) is 4.29. The number of guanidine groups is 1. The van der Waals surface area contributed by atoms with Crippen LogP contribution in [0.5, 0.6) is 5.75 Å². The molecule has 4 rings (SSSR count). The fourth-order valence-corrected chi connectivity index (χ4v) is 4.29. The number of aliphatic imine (C=N–C) groups is 1. The number of pyridine rings is 1. The minimum Gasteiger partial charge on any atom is -0.487 e. The lowest BCUT2D eigenvalue weighted by Crippen LogP contribution is -2.47. The van der Waals surface area contributed by atoms with Gasteiger partial charge in [0, 0.05) is 43.9 Å². The Morgan fingerprint density at radius 3 is 2.78 bits per heavy atom. The second-order valence-corrected chi connectivity index (χ2v) is 7.50. The number of hydrogen-bond donors (Lipinski definition) is 2. The summed E-state index contributed by atoms with van der Waals surface area (Å²) in [6, 6.07) is 14.6. The zero-order valence-electron chi connectivity index (χ0n) is 15.9. The topological polar surface area (TPSA) is 58.5 Å². The van der Waals surface area contributed by atoms with Crippen molar-refractivity contribution in [2.45, 2.75) is 50.2 Å². The molecule has 1 aromatic heterocycles. The Balaban J connectivity index is 1.43. The smallest absolute Gasteiger partial charge is 0.191 e. The van der Waals surface area contributed by atoms with Gasteiger partial charge in [-0.3, -0.25) is 9.98 Å². The van der Waals surface area contributed by atoms with Crippen LogP contribution >= 0.6 is 0 Å². The fraction of sp³-hybridized carbons (Fsp3) is 0.455. The Morgan fingerprint density at radius 2 is 2.00 bits per heavy atom. The van der Waals surface area contributed by atoms with Crippen molar-refractivity contribution in [1.29, 1.82) is 0 Å². The van der Waals surface area contributed by atoms with Crippen molar-refractivity contribution in [1.82, 2.24) is 15.6 Å². The molecule has 0 saturated heterocycles. The molecule has 1 atom stereocenters. The van der Waals surface area contributed by atoms with Gasteiger partial charge >= 0.3 is 0 Å². The van der Waals surface area contributed by atoms with Gasteiger partial charge in [-0.1, -0.05) is 24.3 Å². The van der Waals surface area contributed by atoms with E-state index < -0.39 is 0 Å². The molecule has 2 heterocycles. The zero-order chi connectivity index (χ0) is 18.5. The van der Waals surface area contributed by atoms with Crippen LogP contribution in [0.3, 0.4) is 0 Å². The van der Waals surface area contributed by atoms with Crippen LogP contribution in [0.4, 0.5) is 0 Å². The minimum atomic E-state index is -0.0150. The number of aromatic nitrogens is 1. The molecule has 27 heavy (non-hydrogen) atoms. The third kappa shape index (κ3) is 4.07. The molecule has 5 nitrogen and oxygen atoms in total. The van der Waals surface area contributed by atoms with Crippen molar-refractivity contribution in [3.8, 4) is 5.75 Å². The van der Waals surface area contributed by atoms with E-state index in [1.807, 2.05) is 25.4 Å². The standard InChI is InChI=1S/C22H28N4O/c1-23-21(25-15-11-17-8-4-7-14-24-17)26-19-16-22(12-5-6-13-22)27-20-10-3-2-9-18(19)20/h2-4,7-10,14,19H,5-6,11-13,15-16H2,1H3,(H2,23,25,26). The van der Waals surface area contributed by atoms with E-state index in [2.05, 4.69) is 50.9 Å². The number of hydrogen-bond acceptors (Lipinski definition) is 3. The summed E-state index contributed by atoms with van der Waals surface area (Å²) in [5, 5.41) is 7.07. The molecule has 142 valence electrons. The van der Waals surface area contributed by atoms with Crippen LogP contribution in [-0.4, -0.2) is 30.1 Å². The molecule has 5 heteroatoms. The van der Waals surface area contributed by atoms with Gasteiger partial charge in [-0.2, -0.15) is 0 Å². The van der Waals surface area contributed by atoms with Gasteiger partial charge in [-0.25, -0.2) is 0 Å². The van der Waals surface area contributed by atoms with Crippen LogP contribution in [-0.2, 0) is 6.42 Å². The van der Waals surface area contributed by atoms with Crippen LogP contribution < -0.4 is 15.4 Å². The van der Waals surface area contributed by atoms with Crippen molar-refractivity contribution in [2.75, 3.05) is 13.6 Å². The van der Waals surface area contributed by atoms with Gasteiger partial charge in [0.2, 0.25) is 0 Å². The van der Waals surface area contributed by atoms with E-state index in [9.17, 15) is 0 Å². The number of benzene rings is 1. The summed E-state index contributed by atoms with van der Waals surface area (Å²) >= 11 is 0. The summed E-state index contributed by atoms with van der Waals surface area (Å²) in [6.45, 7) is 0.798. The van der Waals surface area contributed by atoms with Gasteiger partial charge in [-0.15, -0.1) is 0 Å².